The molecule has 1 aromatic carbocycles. The Morgan fingerprint density at radius 2 is 2.24 bits per heavy atom. The van der Waals surface area contributed by atoms with Crippen LogP contribution in [0.3, 0.4) is 0 Å². The second kappa shape index (κ2) is 5.23. The smallest absolute Gasteiger partial charge is 0.191 e. The largest absolute Gasteiger partial charge is 0.359 e. The van der Waals surface area contributed by atoms with Crippen LogP contribution in [-0.4, -0.2) is 25.0 Å². The Hall–Kier alpha value is -1.49. The third-order valence-electron chi connectivity index (χ3n) is 2.55. The second-order valence-corrected chi connectivity index (χ2v) is 4.62. The van der Waals surface area contributed by atoms with Crippen LogP contribution in [0.5, 0.6) is 0 Å². The Balaban J connectivity index is 2.14. The summed E-state index contributed by atoms with van der Waals surface area (Å²) < 4.78 is 1.09. The molecular weight excluding hydrogens is 280 g/mol. The van der Waals surface area contributed by atoms with Crippen molar-refractivity contribution in [2.45, 2.75) is 6.54 Å². The fraction of sp³-hybridized carbons (Fsp3) is 0.250. The third-order valence-corrected chi connectivity index (χ3v) is 3.04. The molecule has 0 unspecified atom stereocenters. The van der Waals surface area contributed by atoms with Gasteiger partial charge in [-0.25, -0.2) is 0 Å². The number of hydrogen-bond acceptors (Lipinski definition) is 1. The molecule has 0 amide bonds. The standard InChI is InChI=1S/C12H15BrN4/c1-14-12(15-2)16-7-10-6-8-5-9(13)3-4-11(8)17-10/h3-6,17H,7H2,1-2H3,(H2,14,15,16). The number of aliphatic imine (C=N–C) groups is 1. The van der Waals surface area contributed by atoms with E-state index in [0.29, 0.717) is 0 Å². The van der Waals surface area contributed by atoms with Crippen LogP contribution in [0.2, 0.25) is 0 Å². The van der Waals surface area contributed by atoms with Crippen molar-refractivity contribution in [3.05, 3.63) is 34.4 Å². The molecule has 0 fully saturated rings. The molecule has 0 atom stereocenters. The van der Waals surface area contributed by atoms with E-state index in [4.69, 9.17) is 0 Å². The van der Waals surface area contributed by atoms with Crippen molar-refractivity contribution in [3.63, 3.8) is 0 Å². The summed E-state index contributed by atoms with van der Waals surface area (Å²) >= 11 is 3.47. The number of aromatic amines is 1. The normalized spacial score (nSPS) is 11.8. The Morgan fingerprint density at radius 1 is 1.41 bits per heavy atom. The van der Waals surface area contributed by atoms with Crippen LogP contribution in [0.4, 0.5) is 0 Å². The van der Waals surface area contributed by atoms with Gasteiger partial charge < -0.3 is 15.6 Å². The van der Waals surface area contributed by atoms with Crippen molar-refractivity contribution in [3.8, 4) is 0 Å². The third kappa shape index (κ3) is 2.79. The van der Waals surface area contributed by atoms with Gasteiger partial charge in [0.2, 0.25) is 0 Å². The first kappa shape index (κ1) is 12.0. The number of nitrogens with zero attached hydrogens (tertiary/aromatic N) is 1. The van der Waals surface area contributed by atoms with Gasteiger partial charge in [0.1, 0.15) is 0 Å². The summed E-state index contributed by atoms with van der Waals surface area (Å²) in [5, 5.41) is 7.39. The van der Waals surface area contributed by atoms with E-state index >= 15 is 0 Å². The highest BCUT2D eigenvalue weighted by atomic mass is 79.9. The highest BCUT2D eigenvalue weighted by Gasteiger charge is 2.01. The Labute approximate surface area is 109 Å². The molecule has 0 saturated carbocycles. The molecule has 0 spiro atoms. The summed E-state index contributed by atoms with van der Waals surface area (Å²) in [6.07, 6.45) is 0. The van der Waals surface area contributed by atoms with Gasteiger partial charge in [0.15, 0.2) is 5.96 Å². The van der Waals surface area contributed by atoms with Gasteiger partial charge in [0.25, 0.3) is 0 Å². The fourth-order valence-electron chi connectivity index (χ4n) is 1.72. The summed E-state index contributed by atoms with van der Waals surface area (Å²) in [6, 6.07) is 8.33. The quantitative estimate of drug-likeness (QED) is 0.588. The number of guanidine groups is 1. The number of benzene rings is 1. The van der Waals surface area contributed by atoms with Crippen LogP contribution in [0.15, 0.2) is 33.7 Å². The van der Waals surface area contributed by atoms with E-state index < -0.39 is 0 Å². The average molecular weight is 295 g/mol. The van der Waals surface area contributed by atoms with Crippen LogP contribution in [0.25, 0.3) is 10.9 Å². The maximum Gasteiger partial charge on any atom is 0.191 e. The van der Waals surface area contributed by atoms with Crippen molar-refractivity contribution in [1.29, 1.82) is 0 Å². The number of nitrogens with one attached hydrogen (secondary N) is 3. The van der Waals surface area contributed by atoms with E-state index in [-0.39, 0.29) is 0 Å². The van der Waals surface area contributed by atoms with E-state index in [1.54, 1.807) is 7.05 Å². The monoisotopic (exact) mass is 294 g/mol. The Bertz CT molecular complexity index is 544. The predicted octanol–water partition coefficient (Wildman–Crippen LogP) is 2.23. The minimum atomic E-state index is 0.722. The van der Waals surface area contributed by atoms with Gasteiger partial charge in [-0.3, -0.25) is 4.99 Å². The molecule has 5 heteroatoms. The molecule has 90 valence electrons. The lowest BCUT2D eigenvalue weighted by molar-refractivity contribution is 0.847. The number of fused-ring (bicyclic) bond motifs is 1. The molecular formula is C12H15BrN4. The minimum Gasteiger partial charge on any atom is -0.359 e. The Kier molecular flexibility index (Phi) is 3.68. The summed E-state index contributed by atoms with van der Waals surface area (Å²) in [4.78, 5) is 7.42. The van der Waals surface area contributed by atoms with Crippen molar-refractivity contribution >= 4 is 32.8 Å². The first-order chi connectivity index (χ1) is 8.22. The van der Waals surface area contributed by atoms with Gasteiger partial charge >= 0.3 is 0 Å². The first-order valence-corrected chi connectivity index (χ1v) is 6.18. The summed E-state index contributed by atoms with van der Waals surface area (Å²) in [7, 11) is 3.60. The molecule has 0 radical (unpaired) electrons. The lowest BCUT2D eigenvalue weighted by Crippen LogP contribution is -2.34. The molecule has 1 aromatic heterocycles. The van der Waals surface area contributed by atoms with Crippen LogP contribution in [-0.2, 0) is 6.54 Å². The van der Waals surface area contributed by atoms with Crippen molar-refractivity contribution in [2.75, 3.05) is 14.1 Å². The maximum atomic E-state index is 4.06. The molecule has 0 aliphatic heterocycles. The molecule has 17 heavy (non-hydrogen) atoms. The highest BCUT2D eigenvalue weighted by molar-refractivity contribution is 9.10. The average Bonchev–Trinajstić information content (AvgIpc) is 2.72. The van der Waals surface area contributed by atoms with Crippen LogP contribution in [0, 0.1) is 0 Å². The maximum absolute atomic E-state index is 4.06. The molecule has 3 N–H and O–H groups in total. The molecule has 4 nitrogen and oxygen atoms in total. The molecule has 1 heterocycles. The molecule has 0 saturated heterocycles. The molecule has 2 aromatic rings. The predicted molar refractivity (Wildman–Crippen MR) is 75.3 cm³/mol. The molecule has 2 rings (SSSR count). The number of halogens is 1. The number of aromatic nitrogens is 1. The number of H-pyrrole nitrogens is 1. The lowest BCUT2D eigenvalue weighted by atomic mass is 10.2. The van der Waals surface area contributed by atoms with Crippen molar-refractivity contribution in [1.82, 2.24) is 15.6 Å². The van der Waals surface area contributed by atoms with Gasteiger partial charge in [-0.15, -0.1) is 0 Å². The molecule has 0 aliphatic carbocycles. The zero-order chi connectivity index (χ0) is 12.3. The summed E-state index contributed by atoms with van der Waals surface area (Å²) in [6.45, 7) is 0.722. The Morgan fingerprint density at radius 3 is 2.94 bits per heavy atom. The van der Waals surface area contributed by atoms with Gasteiger partial charge in [-0.05, 0) is 24.3 Å². The topological polar surface area (TPSA) is 52.2 Å². The molecule has 0 bridgehead atoms. The summed E-state index contributed by atoms with van der Waals surface area (Å²) in [5.74, 6) is 0.782. The summed E-state index contributed by atoms with van der Waals surface area (Å²) in [5.41, 5.74) is 2.28. The van der Waals surface area contributed by atoms with Crippen molar-refractivity contribution in [2.24, 2.45) is 4.99 Å². The van der Waals surface area contributed by atoms with Crippen LogP contribution < -0.4 is 10.6 Å². The number of hydrogen-bond donors (Lipinski definition) is 3. The lowest BCUT2D eigenvalue weighted by Gasteiger charge is -2.06. The van der Waals surface area contributed by atoms with E-state index in [1.165, 1.54) is 5.39 Å². The zero-order valence-corrected chi connectivity index (χ0v) is 11.4. The van der Waals surface area contributed by atoms with Crippen LogP contribution >= 0.6 is 15.9 Å². The SMILES string of the molecule is CN=C(NC)NCc1cc2cc(Br)ccc2[nH]1. The molecule has 0 aliphatic rings. The second-order valence-electron chi connectivity index (χ2n) is 3.70. The highest BCUT2D eigenvalue weighted by Crippen LogP contribution is 2.20. The van der Waals surface area contributed by atoms with Gasteiger partial charge in [0, 0.05) is 35.2 Å². The zero-order valence-electron chi connectivity index (χ0n) is 9.84. The first-order valence-electron chi connectivity index (χ1n) is 5.38. The van der Waals surface area contributed by atoms with Gasteiger partial charge in [-0.1, -0.05) is 15.9 Å². The van der Waals surface area contributed by atoms with Crippen molar-refractivity contribution < 1.29 is 0 Å². The van der Waals surface area contributed by atoms with Crippen LogP contribution in [0.1, 0.15) is 5.69 Å². The minimum absolute atomic E-state index is 0.722. The fourth-order valence-corrected chi connectivity index (χ4v) is 2.10. The van der Waals surface area contributed by atoms with Gasteiger partial charge in [-0.2, -0.15) is 0 Å². The van der Waals surface area contributed by atoms with Gasteiger partial charge in [0.05, 0.1) is 6.54 Å². The van der Waals surface area contributed by atoms with E-state index in [1.807, 2.05) is 13.1 Å². The van der Waals surface area contributed by atoms with E-state index in [2.05, 4.69) is 54.7 Å². The van der Waals surface area contributed by atoms with E-state index in [0.717, 1.165) is 28.2 Å². The van der Waals surface area contributed by atoms with E-state index in [9.17, 15) is 0 Å². The number of rotatable bonds is 2.